The molecule has 0 amide bonds. The first-order chi connectivity index (χ1) is 9.60. The van der Waals surface area contributed by atoms with Gasteiger partial charge in [-0.1, -0.05) is 6.92 Å². The number of hydrogen-bond donors (Lipinski definition) is 1. The van der Waals surface area contributed by atoms with Crippen molar-refractivity contribution in [3.05, 3.63) is 45.7 Å². The van der Waals surface area contributed by atoms with Gasteiger partial charge in [-0.3, -0.25) is 0 Å². The molecular formula is C15H18FNO2S. The van der Waals surface area contributed by atoms with Crippen LogP contribution in [0.1, 0.15) is 42.6 Å². The van der Waals surface area contributed by atoms with Gasteiger partial charge in [-0.15, -0.1) is 11.3 Å². The summed E-state index contributed by atoms with van der Waals surface area (Å²) in [6, 6.07) is 4.16. The van der Waals surface area contributed by atoms with Gasteiger partial charge in [0.1, 0.15) is 18.2 Å². The Hall–Kier alpha value is -1.46. The molecule has 5 heteroatoms. The van der Waals surface area contributed by atoms with Crippen molar-refractivity contribution in [1.29, 1.82) is 0 Å². The van der Waals surface area contributed by atoms with Crippen molar-refractivity contribution >= 4 is 11.3 Å². The second kappa shape index (κ2) is 6.81. The Morgan fingerprint density at radius 3 is 2.95 bits per heavy atom. The van der Waals surface area contributed by atoms with E-state index in [0.717, 1.165) is 23.5 Å². The predicted molar refractivity (Wildman–Crippen MR) is 77.5 cm³/mol. The van der Waals surface area contributed by atoms with Gasteiger partial charge in [0.05, 0.1) is 16.8 Å². The summed E-state index contributed by atoms with van der Waals surface area (Å²) in [7, 11) is 0. The highest BCUT2D eigenvalue weighted by molar-refractivity contribution is 7.09. The van der Waals surface area contributed by atoms with E-state index in [-0.39, 0.29) is 5.82 Å². The summed E-state index contributed by atoms with van der Waals surface area (Å²) in [4.78, 5) is 4.46. The number of aliphatic hydroxyl groups is 1. The maximum atomic E-state index is 13.2. The SMILES string of the molecule is CCCc1nc(COc2ccc(F)cc2[C@@H](C)O)cs1. The van der Waals surface area contributed by atoms with Crippen LogP contribution in [0.3, 0.4) is 0 Å². The van der Waals surface area contributed by atoms with E-state index < -0.39 is 6.10 Å². The van der Waals surface area contributed by atoms with Crippen LogP contribution in [0.4, 0.5) is 4.39 Å². The second-order valence-corrected chi connectivity index (χ2v) is 5.57. The number of rotatable bonds is 6. The highest BCUT2D eigenvalue weighted by Crippen LogP contribution is 2.27. The summed E-state index contributed by atoms with van der Waals surface area (Å²) in [6.45, 7) is 4.03. The number of aliphatic hydroxyl groups excluding tert-OH is 1. The number of aromatic nitrogens is 1. The third-order valence-electron chi connectivity index (χ3n) is 2.86. The molecule has 0 aliphatic rings. The van der Waals surface area contributed by atoms with Gasteiger partial charge in [0.2, 0.25) is 0 Å². The lowest BCUT2D eigenvalue weighted by molar-refractivity contribution is 0.189. The third-order valence-corrected chi connectivity index (χ3v) is 3.82. The maximum absolute atomic E-state index is 13.2. The maximum Gasteiger partial charge on any atom is 0.131 e. The minimum Gasteiger partial charge on any atom is -0.487 e. The van der Waals surface area contributed by atoms with E-state index in [2.05, 4.69) is 11.9 Å². The average Bonchev–Trinajstić information content (AvgIpc) is 2.85. The Kier molecular flexibility index (Phi) is 5.09. The van der Waals surface area contributed by atoms with E-state index in [4.69, 9.17) is 4.74 Å². The van der Waals surface area contributed by atoms with Gasteiger partial charge in [-0.25, -0.2) is 9.37 Å². The first-order valence-corrected chi connectivity index (χ1v) is 7.51. The van der Waals surface area contributed by atoms with Crippen molar-refractivity contribution in [3.63, 3.8) is 0 Å². The zero-order valence-electron chi connectivity index (χ0n) is 11.6. The Morgan fingerprint density at radius 2 is 2.25 bits per heavy atom. The van der Waals surface area contributed by atoms with Gasteiger partial charge in [0.15, 0.2) is 0 Å². The summed E-state index contributed by atoms with van der Waals surface area (Å²) in [6.07, 6.45) is 1.27. The molecule has 3 nitrogen and oxygen atoms in total. The summed E-state index contributed by atoms with van der Waals surface area (Å²) in [5.74, 6) is 0.110. The molecule has 0 aliphatic heterocycles. The fourth-order valence-corrected chi connectivity index (χ4v) is 2.76. The van der Waals surface area contributed by atoms with E-state index in [1.807, 2.05) is 5.38 Å². The molecule has 1 aromatic carbocycles. The lowest BCUT2D eigenvalue weighted by atomic mass is 10.1. The molecular weight excluding hydrogens is 277 g/mol. The van der Waals surface area contributed by atoms with Crippen LogP contribution in [0, 0.1) is 5.82 Å². The number of benzene rings is 1. The second-order valence-electron chi connectivity index (χ2n) is 4.63. The summed E-state index contributed by atoms with van der Waals surface area (Å²) < 4.78 is 18.8. The number of nitrogens with zero attached hydrogens (tertiary/aromatic N) is 1. The van der Waals surface area contributed by atoms with E-state index in [1.165, 1.54) is 18.2 Å². The standard InChI is InChI=1S/C15H18FNO2S/c1-3-4-15-17-12(9-20-15)8-19-14-6-5-11(16)7-13(14)10(2)18/h5-7,9-10,18H,3-4,8H2,1-2H3/t10-/m1/s1. The molecule has 0 fully saturated rings. The molecule has 0 bridgehead atoms. The number of halogens is 1. The quantitative estimate of drug-likeness (QED) is 0.879. The van der Waals surface area contributed by atoms with Gasteiger partial charge < -0.3 is 9.84 Å². The Bertz CT molecular complexity index is 569. The Labute approximate surface area is 122 Å². The van der Waals surface area contributed by atoms with Crippen molar-refractivity contribution in [2.24, 2.45) is 0 Å². The predicted octanol–water partition coefficient (Wildman–Crippen LogP) is 3.87. The summed E-state index contributed by atoms with van der Waals surface area (Å²) >= 11 is 1.62. The first-order valence-electron chi connectivity index (χ1n) is 6.63. The largest absolute Gasteiger partial charge is 0.487 e. The number of thiazole rings is 1. The number of aryl methyl sites for hydroxylation is 1. The summed E-state index contributed by atoms with van der Waals surface area (Å²) in [5.41, 5.74) is 1.31. The van der Waals surface area contributed by atoms with E-state index in [0.29, 0.717) is 17.9 Å². The monoisotopic (exact) mass is 295 g/mol. The molecule has 1 atom stereocenters. The van der Waals surface area contributed by atoms with E-state index >= 15 is 0 Å². The van der Waals surface area contributed by atoms with Gasteiger partial charge in [0.25, 0.3) is 0 Å². The zero-order valence-corrected chi connectivity index (χ0v) is 12.4. The van der Waals surface area contributed by atoms with Gasteiger partial charge in [-0.05, 0) is 38.0 Å². The molecule has 0 aliphatic carbocycles. The normalized spacial score (nSPS) is 12.4. The smallest absolute Gasteiger partial charge is 0.131 e. The molecule has 0 saturated heterocycles. The van der Waals surface area contributed by atoms with Crippen LogP contribution in [0.25, 0.3) is 0 Å². The lowest BCUT2D eigenvalue weighted by Crippen LogP contribution is -2.02. The van der Waals surface area contributed by atoms with Crippen LogP contribution in [0.2, 0.25) is 0 Å². The highest BCUT2D eigenvalue weighted by atomic mass is 32.1. The highest BCUT2D eigenvalue weighted by Gasteiger charge is 2.11. The van der Waals surface area contributed by atoms with E-state index in [9.17, 15) is 9.50 Å². The van der Waals surface area contributed by atoms with Crippen LogP contribution in [0.15, 0.2) is 23.6 Å². The van der Waals surface area contributed by atoms with Crippen LogP contribution >= 0.6 is 11.3 Å². The summed E-state index contributed by atoms with van der Waals surface area (Å²) in [5, 5.41) is 12.7. The first kappa shape index (κ1) is 14.9. The van der Waals surface area contributed by atoms with Crippen LogP contribution in [0.5, 0.6) is 5.75 Å². The van der Waals surface area contributed by atoms with Crippen LogP contribution < -0.4 is 4.74 Å². The fourth-order valence-electron chi connectivity index (χ4n) is 1.87. The molecule has 0 radical (unpaired) electrons. The molecule has 0 unspecified atom stereocenters. The van der Waals surface area contributed by atoms with Crippen LogP contribution in [-0.2, 0) is 13.0 Å². The molecule has 108 valence electrons. The van der Waals surface area contributed by atoms with Crippen molar-refractivity contribution in [3.8, 4) is 5.75 Å². The molecule has 1 heterocycles. The molecule has 0 saturated carbocycles. The molecule has 2 rings (SSSR count). The third kappa shape index (κ3) is 3.77. The van der Waals surface area contributed by atoms with Crippen molar-refractivity contribution in [2.75, 3.05) is 0 Å². The lowest BCUT2D eigenvalue weighted by Gasteiger charge is -2.12. The van der Waals surface area contributed by atoms with Gasteiger partial charge in [0, 0.05) is 10.9 Å². The minimum absolute atomic E-state index is 0.325. The Balaban J connectivity index is 2.06. The molecule has 2 aromatic rings. The van der Waals surface area contributed by atoms with Gasteiger partial charge in [-0.2, -0.15) is 0 Å². The van der Waals surface area contributed by atoms with Crippen LogP contribution in [-0.4, -0.2) is 10.1 Å². The molecule has 1 aromatic heterocycles. The van der Waals surface area contributed by atoms with Crippen molar-refractivity contribution in [1.82, 2.24) is 4.98 Å². The van der Waals surface area contributed by atoms with E-state index in [1.54, 1.807) is 18.3 Å². The minimum atomic E-state index is -0.771. The average molecular weight is 295 g/mol. The van der Waals surface area contributed by atoms with Crippen molar-refractivity contribution < 1.29 is 14.2 Å². The number of ether oxygens (including phenoxy) is 1. The molecule has 20 heavy (non-hydrogen) atoms. The van der Waals surface area contributed by atoms with Gasteiger partial charge >= 0.3 is 0 Å². The molecule has 0 spiro atoms. The van der Waals surface area contributed by atoms with Crippen molar-refractivity contribution in [2.45, 2.75) is 39.4 Å². The molecule has 1 N–H and O–H groups in total. The zero-order chi connectivity index (χ0) is 14.5. The Morgan fingerprint density at radius 1 is 1.45 bits per heavy atom. The topological polar surface area (TPSA) is 42.4 Å². The fraction of sp³-hybridized carbons (Fsp3) is 0.400. The number of hydrogen-bond acceptors (Lipinski definition) is 4.